The van der Waals surface area contributed by atoms with Gasteiger partial charge in [0.2, 0.25) is 0 Å². The number of rotatable bonds is 5. The Morgan fingerprint density at radius 2 is 1.58 bits per heavy atom. The monoisotopic (exact) mass is 334 g/mol. The van der Waals surface area contributed by atoms with E-state index in [4.69, 9.17) is 9.47 Å². The molecule has 134 valence electrons. The van der Waals surface area contributed by atoms with Crippen LogP contribution in [-0.4, -0.2) is 23.1 Å². The fourth-order valence-corrected chi connectivity index (χ4v) is 5.10. The SMILES string of the molecule is C=C(C)C(=O)OC12CC3CC(C1)CC(OC(=O)C(C)(C)CC)(C3)C2. The maximum absolute atomic E-state index is 12.7. The largest absolute Gasteiger partial charge is 0.458 e. The molecule has 4 heteroatoms. The molecule has 4 bridgehead atoms. The van der Waals surface area contributed by atoms with E-state index in [1.165, 1.54) is 6.42 Å². The smallest absolute Gasteiger partial charge is 0.333 e. The molecule has 0 aliphatic heterocycles. The van der Waals surface area contributed by atoms with Crippen LogP contribution < -0.4 is 0 Å². The zero-order chi connectivity index (χ0) is 17.8. The molecule has 24 heavy (non-hydrogen) atoms. The molecule has 0 N–H and O–H groups in total. The first-order valence-corrected chi connectivity index (χ1v) is 9.21. The molecule has 4 nitrogen and oxygen atoms in total. The summed E-state index contributed by atoms with van der Waals surface area (Å²) in [5.74, 6) is 0.545. The van der Waals surface area contributed by atoms with Crippen LogP contribution in [0.25, 0.3) is 0 Å². The molecule has 4 aliphatic carbocycles. The molecule has 0 amide bonds. The highest BCUT2D eigenvalue weighted by Crippen LogP contribution is 2.60. The van der Waals surface area contributed by atoms with Gasteiger partial charge in [0, 0.05) is 12.0 Å². The van der Waals surface area contributed by atoms with Crippen LogP contribution in [-0.2, 0) is 19.1 Å². The predicted octanol–water partition coefficient (Wildman–Crippen LogP) is 4.18. The summed E-state index contributed by atoms with van der Waals surface area (Å²) in [4.78, 5) is 24.8. The van der Waals surface area contributed by atoms with Crippen molar-refractivity contribution in [3.8, 4) is 0 Å². The summed E-state index contributed by atoms with van der Waals surface area (Å²) < 4.78 is 12.0. The summed E-state index contributed by atoms with van der Waals surface area (Å²) >= 11 is 0. The Morgan fingerprint density at radius 1 is 1.08 bits per heavy atom. The van der Waals surface area contributed by atoms with Crippen LogP contribution in [0.4, 0.5) is 0 Å². The van der Waals surface area contributed by atoms with Crippen molar-refractivity contribution in [1.29, 1.82) is 0 Å². The quantitative estimate of drug-likeness (QED) is 0.559. The van der Waals surface area contributed by atoms with E-state index in [2.05, 4.69) is 6.58 Å². The van der Waals surface area contributed by atoms with Gasteiger partial charge >= 0.3 is 11.9 Å². The third-order valence-corrected chi connectivity index (χ3v) is 6.36. The molecule has 0 aromatic heterocycles. The second-order valence-corrected chi connectivity index (χ2v) is 9.12. The Labute approximate surface area is 145 Å². The third kappa shape index (κ3) is 3.00. The van der Waals surface area contributed by atoms with E-state index in [1.54, 1.807) is 6.92 Å². The summed E-state index contributed by atoms with van der Waals surface area (Å²) in [6.45, 7) is 11.3. The highest BCUT2D eigenvalue weighted by Gasteiger charge is 2.61. The zero-order valence-corrected chi connectivity index (χ0v) is 15.4. The van der Waals surface area contributed by atoms with E-state index in [9.17, 15) is 9.59 Å². The van der Waals surface area contributed by atoms with E-state index >= 15 is 0 Å². The van der Waals surface area contributed by atoms with Crippen LogP contribution >= 0.6 is 0 Å². The van der Waals surface area contributed by atoms with Crippen LogP contribution in [0.3, 0.4) is 0 Å². The minimum atomic E-state index is -0.467. The Hall–Kier alpha value is -1.32. The van der Waals surface area contributed by atoms with Gasteiger partial charge in [0.1, 0.15) is 11.2 Å². The number of hydrogen-bond donors (Lipinski definition) is 0. The topological polar surface area (TPSA) is 52.6 Å². The maximum atomic E-state index is 12.7. The first-order chi connectivity index (χ1) is 11.1. The van der Waals surface area contributed by atoms with Gasteiger partial charge < -0.3 is 9.47 Å². The Kier molecular flexibility index (Phi) is 4.09. The van der Waals surface area contributed by atoms with Gasteiger partial charge in [-0.25, -0.2) is 4.79 Å². The van der Waals surface area contributed by atoms with Gasteiger partial charge in [-0.05, 0) is 71.1 Å². The molecule has 2 atom stereocenters. The van der Waals surface area contributed by atoms with Crippen LogP contribution in [0.15, 0.2) is 12.2 Å². The molecule has 0 saturated heterocycles. The number of carbonyl (C=O) groups excluding carboxylic acids is 2. The van der Waals surface area contributed by atoms with Gasteiger partial charge in [-0.3, -0.25) is 4.79 Å². The van der Waals surface area contributed by atoms with E-state index in [0.29, 0.717) is 23.8 Å². The molecule has 0 aromatic carbocycles. The molecule has 4 saturated carbocycles. The lowest BCUT2D eigenvalue weighted by atomic mass is 9.52. The summed E-state index contributed by atoms with van der Waals surface area (Å²) in [6, 6.07) is 0. The zero-order valence-electron chi connectivity index (χ0n) is 15.4. The molecular formula is C20H30O4. The number of esters is 2. The van der Waals surface area contributed by atoms with Crippen molar-refractivity contribution >= 4 is 11.9 Å². The van der Waals surface area contributed by atoms with Crippen LogP contribution in [0.5, 0.6) is 0 Å². The van der Waals surface area contributed by atoms with Crippen molar-refractivity contribution in [2.75, 3.05) is 0 Å². The van der Waals surface area contributed by atoms with Crippen molar-refractivity contribution in [1.82, 2.24) is 0 Å². The first kappa shape index (κ1) is 17.5. The van der Waals surface area contributed by atoms with E-state index < -0.39 is 16.6 Å². The number of hydrogen-bond acceptors (Lipinski definition) is 4. The molecule has 4 fully saturated rings. The van der Waals surface area contributed by atoms with Gasteiger partial charge in [-0.15, -0.1) is 0 Å². The highest BCUT2D eigenvalue weighted by molar-refractivity contribution is 5.87. The van der Waals surface area contributed by atoms with Crippen LogP contribution in [0.1, 0.15) is 72.6 Å². The summed E-state index contributed by atoms with van der Waals surface area (Å²) in [7, 11) is 0. The average molecular weight is 334 g/mol. The van der Waals surface area contributed by atoms with Crippen molar-refractivity contribution < 1.29 is 19.1 Å². The number of ether oxygens (including phenoxy) is 2. The molecule has 0 heterocycles. The van der Waals surface area contributed by atoms with Crippen LogP contribution in [0.2, 0.25) is 0 Å². The van der Waals surface area contributed by atoms with Gasteiger partial charge in [-0.2, -0.15) is 0 Å². The summed E-state index contributed by atoms with van der Waals surface area (Å²) in [6.07, 6.45) is 6.21. The molecule has 2 unspecified atom stereocenters. The minimum absolute atomic E-state index is 0.117. The summed E-state index contributed by atoms with van der Waals surface area (Å²) in [5.41, 5.74) is -0.936. The summed E-state index contributed by atoms with van der Waals surface area (Å²) in [5, 5.41) is 0. The van der Waals surface area contributed by atoms with E-state index in [-0.39, 0.29) is 11.9 Å². The second-order valence-electron chi connectivity index (χ2n) is 9.12. The molecule has 0 aromatic rings. The van der Waals surface area contributed by atoms with Gasteiger partial charge in [0.05, 0.1) is 5.41 Å². The molecular weight excluding hydrogens is 304 g/mol. The van der Waals surface area contributed by atoms with E-state index in [0.717, 1.165) is 32.1 Å². The lowest BCUT2D eigenvalue weighted by Gasteiger charge is -2.60. The third-order valence-electron chi connectivity index (χ3n) is 6.36. The first-order valence-electron chi connectivity index (χ1n) is 9.21. The fourth-order valence-electron chi connectivity index (χ4n) is 5.10. The molecule has 4 rings (SSSR count). The van der Waals surface area contributed by atoms with Crippen molar-refractivity contribution in [3.05, 3.63) is 12.2 Å². The second kappa shape index (κ2) is 5.60. The van der Waals surface area contributed by atoms with Crippen molar-refractivity contribution in [2.45, 2.75) is 83.8 Å². The highest BCUT2D eigenvalue weighted by atomic mass is 16.6. The van der Waals surface area contributed by atoms with E-state index in [1.807, 2.05) is 20.8 Å². The van der Waals surface area contributed by atoms with Crippen molar-refractivity contribution in [3.63, 3.8) is 0 Å². The van der Waals surface area contributed by atoms with Crippen molar-refractivity contribution in [2.24, 2.45) is 17.3 Å². The average Bonchev–Trinajstić information content (AvgIpc) is 2.44. The number of carbonyl (C=O) groups is 2. The molecule has 4 aliphatic rings. The fraction of sp³-hybridized carbons (Fsp3) is 0.800. The molecule has 0 spiro atoms. The normalized spacial score (nSPS) is 37.2. The Morgan fingerprint density at radius 3 is 2.04 bits per heavy atom. The minimum Gasteiger partial charge on any atom is -0.458 e. The Bertz CT molecular complexity index is 560. The lowest BCUT2D eigenvalue weighted by molar-refractivity contribution is -0.233. The molecule has 0 radical (unpaired) electrons. The standard InChI is InChI=1S/C20H30O4/c1-6-18(4,5)17(22)24-20-10-14-7-15(11-20)9-19(8-14,12-20)23-16(21)13(2)3/h14-15H,2,6-12H2,1,3-5H3. The van der Waals surface area contributed by atoms with Gasteiger partial charge in [0.15, 0.2) is 0 Å². The van der Waals surface area contributed by atoms with Gasteiger partial charge in [0.25, 0.3) is 0 Å². The Balaban J connectivity index is 1.82. The van der Waals surface area contributed by atoms with Crippen LogP contribution in [0, 0.1) is 17.3 Å². The lowest BCUT2D eigenvalue weighted by Crippen LogP contribution is -2.62. The predicted molar refractivity (Wildman–Crippen MR) is 91.2 cm³/mol. The maximum Gasteiger partial charge on any atom is 0.333 e. The van der Waals surface area contributed by atoms with Gasteiger partial charge in [-0.1, -0.05) is 13.5 Å².